The zero-order chi connectivity index (χ0) is 31.7. The number of carbonyl (C=O) groups is 3. The Bertz CT molecular complexity index is 1380. The molecule has 7 heteroatoms. The van der Waals surface area contributed by atoms with E-state index in [-0.39, 0.29) is 5.97 Å². The Balaban J connectivity index is 1.42. The second kappa shape index (κ2) is 18.7. The number of benzene rings is 3. The van der Waals surface area contributed by atoms with Crippen LogP contribution in [0.5, 0.6) is 11.5 Å². The van der Waals surface area contributed by atoms with Gasteiger partial charge in [0.05, 0.1) is 17.7 Å². The van der Waals surface area contributed by atoms with Crippen LogP contribution < -0.4 is 9.47 Å². The summed E-state index contributed by atoms with van der Waals surface area (Å²) in [5.41, 5.74) is 3.44. The van der Waals surface area contributed by atoms with E-state index in [1.54, 1.807) is 49.0 Å². The molecule has 234 valence electrons. The third-order valence-electron chi connectivity index (χ3n) is 7.04. The van der Waals surface area contributed by atoms with E-state index < -0.39 is 11.9 Å². The summed E-state index contributed by atoms with van der Waals surface area (Å²) in [6.07, 6.45) is 10.3. The molecule has 3 aromatic rings. The van der Waals surface area contributed by atoms with Crippen LogP contribution in [0.3, 0.4) is 0 Å². The van der Waals surface area contributed by atoms with Gasteiger partial charge in [-0.3, -0.25) is 0 Å². The maximum Gasteiger partial charge on any atom is 0.343 e. The number of esters is 3. The molecule has 0 aliphatic carbocycles. The van der Waals surface area contributed by atoms with E-state index in [0.29, 0.717) is 34.8 Å². The Hall–Kier alpha value is -3.84. The predicted octanol–water partition coefficient (Wildman–Crippen LogP) is 9.33. The molecule has 0 aromatic heterocycles. The Labute approximate surface area is 266 Å². The van der Waals surface area contributed by atoms with Crippen molar-refractivity contribution in [1.29, 1.82) is 0 Å². The highest BCUT2D eigenvalue weighted by Crippen LogP contribution is 2.25. The van der Waals surface area contributed by atoms with E-state index >= 15 is 0 Å². The molecule has 0 N–H and O–H groups in total. The summed E-state index contributed by atoms with van der Waals surface area (Å²) in [7, 11) is 0. The molecular weight excluding hydrogens is 572 g/mol. The first-order chi connectivity index (χ1) is 21.3. The lowest BCUT2D eigenvalue weighted by Crippen LogP contribution is -2.10. The van der Waals surface area contributed by atoms with Crippen molar-refractivity contribution in [1.82, 2.24) is 0 Å². The highest BCUT2D eigenvalue weighted by Gasteiger charge is 2.13. The predicted molar refractivity (Wildman–Crippen MR) is 177 cm³/mol. The summed E-state index contributed by atoms with van der Waals surface area (Å²) in [5, 5.41) is 0. The SMILES string of the molecule is C=C(C)C(=O)OCCCCSc1ccc(C(=O)Oc2ccc(C(=O)Oc3ccc(CCCCCCCC)cc3)cc2)cc1C. The molecule has 0 bridgehead atoms. The van der Waals surface area contributed by atoms with Crippen LogP contribution in [0.25, 0.3) is 0 Å². The largest absolute Gasteiger partial charge is 0.462 e. The van der Waals surface area contributed by atoms with Crippen LogP contribution in [0.2, 0.25) is 0 Å². The van der Waals surface area contributed by atoms with Crippen LogP contribution in [0.4, 0.5) is 0 Å². The van der Waals surface area contributed by atoms with Crippen molar-refractivity contribution in [3.05, 3.63) is 101 Å². The molecule has 0 atom stereocenters. The Morgan fingerprint density at radius 2 is 1.32 bits per heavy atom. The molecular formula is C37H44O6S. The molecule has 3 aromatic carbocycles. The van der Waals surface area contributed by atoms with Gasteiger partial charge >= 0.3 is 17.9 Å². The minimum absolute atomic E-state index is 0.342. The number of rotatable bonds is 18. The van der Waals surface area contributed by atoms with Crippen molar-refractivity contribution in [2.45, 2.75) is 83.5 Å². The molecule has 0 spiro atoms. The highest BCUT2D eigenvalue weighted by atomic mass is 32.2. The van der Waals surface area contributed by atoms with Crippen molar-refractivity contribution < 1.29 is 28.6 Å². The van der Waals surface area contributed by atoms with Crippen molar-refractivity contribution in [3.8, 4) is 11.5 Å². The summed E-state index contributed by atoms with van der Waals surface area (Å²) in [6, 6.07) is 19.5. The van der Waals surface area contributed by atoms with E-state index in [1.165, 1.54) is 44.1 Å². The lowest BCUT2D eigenvalue weighted by molar-refractivity contribution is -0.139. The first-order valence-electron chi connectivity index (χ1n) is 15.5. The molecule has 0 aliphatic heterocycles. The Kier molecular flexibility index (Phi) is 14.8. The zero-order valence-corrected chi connectivity index (χ0v) is 27.0. The fourth-order valence-electron chi connectivity index (χ4n) is 4.44. The number of thioether (sulfide) groups is 1. The molecule has 0 saturated carbocycles. The van der Waals surface area contributed by atoms with Gasteiger partial charge in [0.1, 0.15) is 11.5 Å². The lowest BCUT2D eigenvalue weighted by Gasteiger charge is -2.10. The van der Waals surface area contributed by atoms with E-state index in [1.807, 2.05) is 43.3 Å². The molecule has 0 radical (unpaired) electrons. The first-order valence-corrected chi connectivity index (χ1v) is 16.4. The van der Waals surface area contributed by atoms with Crippen molar-refractivity contribution in [2.75, 3.05) is 12.4 Å². The second-order valence-corrected chi connectivity index (χ2v) is 12.1. The lowest BCUT2D eigenvalue weighted by atomic mass is 10.0. The average molecular weight is 617 g/mol. The normalized spacial score (nSPS) is 10.7. The van der Waals surface area contributed by atoms with Crippen LogP contribution in [-0.2, 0) is 16.0 Å². The Morgan fingerprint density at radius 1 is 0.727 bits per heavy atom. The molecule has 0 amide bonds. The molecule has 3 rings (SSSR count). The van der Waals surface area contributed by atoms with Crippen molar-refractivity contribution in [2.24, 2.45) is 0 Å². The molecule has 0 aliphatic rings. The Morgan fingerprint density at radius 3 is 1.95 bits per heavy atom. The van der Waals surface area contributed by atoms with Gasteiger partial charge in [-0.25, -0.2) is 14.4 Å². The minimum Gasteiger partial charge on any atom is -0.462 e. The minimum atomic E-state index is -0.472. The third kappa shape index (κ3) is 12.0. The van der Waals surface area contributed by atoms with Crippen molar-refractivity contribution in [3.63, 3.8) is 0 Å². The van der Waals surface area contributed by atoms with Crippen LogP contribution >= 0.6 is 11.8 Å². The third-order valence-corrected chi connectivity index (χ3v) is 8.30. The van der Waals surface area contributed by atoms with Crippen molar-refractivity contribution >= 4 is 29.7 Å². The van der Waals surface area contributed by atoms with E-state index in [2.05, 4.69) is 13.5 Å². The molecule has 0 unspecified atom stereocenters. The number of aryl methyl sites for hydroxylation is 2. The number of hydrogen-bond acceptors (Lipinski definition) is 7. The van der Waals surface area contributed by atoms with Crippen LogP contribution in [0.15, 0.2) is 83.8 Å². The summed E-state index contributed by atoms with van der Waals surface area (Å²) >= 11 is 1.69. The second-order valence-electron chi connectivity index (χ2n) is 10.9. The van der Waals surface area contributed by atoms with E-state index in [4.69, 9.17) is 14.2 Å². The number of ether oxygens (including phenoxy) is 3. The van der Waals surface area contributed by atoms with Gasteiger partial charge in [-0.05, 0) is 111 Å². The maximum absolute atomic E-state index is 12.8. The van der Waals surface area contributed by atoms with Crippen LogP contribution in [-0.4, -0.2) is 30.3 Å². The molecule has 6 nitrogen and oxygen atoms in total. The van der Waals surface area contributed by atoms with Gasteiger partial charge in [0.25, 0.3) is 0 Å². The maximum atomic E-state index is 12.8. The van der Waals surface area contributed by atoms with Gasteiger partial charge in [-0.15, -0.1) is 11.8 Å². The topological polar surface area (TPSA) is 78.9 Å². The zero-order valence-electron chi connectivity index (χ0n) is 26.2. The smallest absolute Gasteiger partial charge is 0.343 e. The van der Waals surface area contributed by atoms with Gasteiger partial charge in [0.2, 0.25) is 0 Å². The fourth-order valence-corrected chi connectivity index (χ4v) is 5.46. The number of hydrogen-bond donors (Lipinski definition) is 0. The monoisotopic (exact) mass is 616 g/mol. The number of unbranched alkanes of at least 4 members (excludes halogenated alkanes) is 6. The summed E-state index contributed by atoms with van der Waals surface area (Å²) in [4.78, 5) is 37.9. The van der Waals surface area contributed by atoms with Crippen LogP contribution in [0, 0.1) is 6.92 Å². The van der Waals surface area contributed by atoms with Gasteiger partial charge in [0.15, 0.2) is 0 Å². The molecule has 0 saturated heterocycles. The summed E-state index contributed by atoms with van der Waals surface area (Å²) < 4.78 is 16.2. The molecule has 0 heterocycles. The average Bonchev–Trinajstić information content (AvgIpc) is 3.02. The first kappa shape index (κ1) is 34.6. The quantitative estimate of drug-likeness (QED) is 0.0463. The molecule has 44 heavy (non-hydrogen) atoms. The molecule has 0 fully saturated rings. The highest BCUT2D eigenvalue weighted by molar-refractivity contribution is 7.99. The van der Waals surface area contributed by atoms with Gasteiger partial charge in [-0.2, -0.15) is 0 Å². The standard InChI is InChI=1S/C37H44O6S/c1-5-6-7-8-9-10-13-29-14-19-32(20-15-29)42-36(39)30-16-21-33(22-17-30)43-37(40)31-18-23-34(28(4)26-31)44-25-12-11-24-41-35(38)27(2)3/h14-23,26H,2,5-13,24-25H2,1,3-4H3. The van der Waals surface area contributed by atoms with E-state index in [0.717, 1.165) is 35.5 Å². The van der Waals surface area contributed by atoms with Gasteiger partial charge < -0.3 is 14.2 Å². The van der Waals surface area contributed by atoms with Gasteiger partial charge in [-0.1, -0.05) is 57.7 Å². The number of carbonyl (C=O) groups excluding carboxylic acids is 3. The summed E-state index contributed by atoms with van der Waals surface area (Å²) in [6.45, 7) is 9.76. The summed E-state index contributed by atoms with van der Waals surface area (Å²) in [5.74, 6) is 0.412. The fraction of sp³-hybridized carbons (Fsp3) is 0.378. The van der Waals surface area contributed by atoms with Crippen LogP contribution in [0.1, 0.15) is 97.1 Å². The van der Waals surface area contributed by atoms with Gasteiger partial charge in [0, 0.05) is 10.5 Å². The van der Waals surface area contributed by atoms with E-state index in [9.17, 15) is 14.4 Å².